The molecule has 0 amide bonds. The van der Waals surface area contributed by atoms with Gasteiger partial charge in [0.2, 0.25) is 5.88 Å². The average molecular weight is 256 g/mol. The van der Waals surface area contributed by atoms with E-state index in [2.05, 4.69) is 41.5 Å². The second-order valence-electron chi connectivity index (χ2n) is 5.17. The fourth-order valence-corrected chi connectivity index (χ4v) is 2.19. The molecule has 0 bridgehead atoms. The minimum Gasteiger partial charge on any atom is -0.477 e. The Morgan fingerprint density at radius 1 is 1.32 bits per heavy atom. The number of pyridine rings is 1. The molecule has 0 spiro atoms. The molecule has 1 aliphatic carbocycles. The molecular formula is C16H20N2O. The molecule has 0 unspecified atom stereocenters. The van der Waals surface area contributed by atoms with E-state index in [0.29, 0.717) is 0 Å². The molecular weight excluding hydrogens is 236 g/mol. The van der Waals surface area contributed by atoms with Crippen molar-refractivity contribution < 1.29 is 4.74 Å². The highest BCUT2D eigenvalue weighted by Gasteiger charge is 2.22. The van der Waals surface area contributed by atoms with E-state index in [0.717, 1.165) is 37.0 Å². The number of nitrogens with zero attached hydrogens (tertiary/aromatic N) is 1. The number of para-hydroxylation sites is 1. The van der Waals surface area contributed by atoms with Gasteiger partial charge < -0.3 is 10.1 Å². The van der Waals surface area contributed by atoms with Crippen LogP contribution < -0.4 is 10.1 Å². The summed E-state index contributed by atoms with van der Waals surface area (Å²) >= 11 is 0. The van der Waals surface area contributed by atoms with Gasteiger partial charge in [-0.2, -0.15) is 0 Å². The lowest BCUT2D eigenvalue weighted by molar-refractivity contribution is 0.289. The molecule has 1 aliphatic rings. The molecule has 0 saturated heterocycles. The highest BCUT2D eigenvalue weighted by molar-refractivity contribution is 5.82. The highest BCUT2D eigenvalue weighted by atomic mass is 16.5. The van der Waals surface area contributed by atoms with Gasteiger partial charge in [0.1, 0.15) is 0 Å². The Balaban J connectivity index is 1.88. The van der Waals surface area contributed by atoms with Gasteiger partial charge in [0.05, 0.1) is 12.1 Å². The van der Waals surface area contributed by atoms with E-state index in [-0.39, 0.29) is 0 Å². The van der Waals surface area contributed by atoms with Crippen LogP contribution in [0.4, 0.5) is 0 Å². The summed E-state index contributed by atoms with van der Waals surface area (Å²) in [6.45, 7) is 4.76. The molecule has 0 aliphatic heterocycles. The number of fused-ring (bicyclic) bond motifs is 1. The quantitative estimate of drug-likeness (QED) is 0.862. The molecule has 3 heteroatoms. The zero-order chi connectivity index (χ0) is 13.1. The minimum absolute atomic E-state index is 0.755. The van der Waals surface area contributed by atoms with E-state index in [4.69, 9.17) is 4.74 Å². The Morgan fingerprint density at radius 3 is 2.95 bits per heavy atom. The second kappa shape index (κ2) is 5.57. The van der Waals surface area contributed by atoms with Crippen molar-refractivity contribution in [1.82, 2.24) is 10.3 Å². The van der Waals surface area contributed by atoms with Crippen molar-refractivity contribution in [3.63, 3.8) is 0 Å². The lowest BCUT2D eigenvalue weighted by atomic mass is 10.1. The number of hydrogen-bond acceptors (Lipinski definition) is 3. The average Bonchev–Trinajstić information content (AvgIpc) is 3.26. The Kier molecular flexibility index (Phi) is 3.65. The van der Waals surface area contributed by atoms with Gasteiger partial charge >= 0.3 is 0 Å². The third kappa shape index (κ3) is 3.04. The molecule has 2 aromatic rings. The minimum atomic E-state index is 0.755. The maximum Gasteiger partial charge on any atom is 0.214 e. The largest absolute Gasteiger partial charge is 0.477 e. The van der Waals surface area contributed by atoms with Gasteiger partial charge in [-0.15, -0.1) is 0 Å². The van der Waals surface area contributed by atoms with Crippen LogP contribution in [-0.2, 0) is 6.54 Å². The van der Waals surface area contributed by atoms with Crippen molar-refractivity contribution in [3.05, 3.63) is 35.9 Å². The van der Waals surface area contributed by atoms with Crippen LogP contribution in [0.25, 0.3) is 10.9 Å². The monoisotopic (exact) mass is 256 g/mol. The molecule has 1 aromatic carbocycles. The van der Waals surface area contributed by atoms with Crippen LogP contribution >= 0.6 is 0 Å². The summed E-state index contributed by atoms with van der Waals surface area (Å²) in [5, 5.41) is 4.59. The maximum absolute atomic E-state index is 5.82. The Hall–Kier alpha value is -1.61. The maximum atomic E-state index is 5.82. The van der Waals surface area contributed by atoms with Crippen molar-refractivity contribution in [2.75, 3.05) is 13.2 Å². The zero-order valence-electron chi connectivity index (χ0n) is 11.4. The first-order valence-corrected chi connectivity index (χ1v) is 7.09. The van der Waals surface area contributed by atoms with Crippen LogP contribution in [0.1, 0.15) is 25.3 Å². The standard InChI is InChI=1S/C16H20N2O/c1-2-17-10-13-9-16(19-11-12-7-8-12)18-15-6-4-3-5-14(13)15/h3-6,9,12,17H,2,7-8,10-11H2,1H3. The van der Waals surface area contributed by atoms with Crippen LogP contribution in [-0.4, -0.2) is 18.1 Å². The van der Waals surface area contributed by atoms with Gasteiger partial charge in [-0.05, 0) is 36.9 Å². The smallest absolute Gasteiger partial charge is 0.214 e. The summed E-state index contributed by atoms with van der Waals surface area (Å²) in [7, 11) is 0. The lowest BCUT2D eigenvalue weighted by Gasteiger charge is -2.10. The molecule has 1 heterocycles. The predicted molar refractivity (Wildman–Crippen MR) is 77.3 cm³/mol. The van der Waals surface area contributed by atoms with Crippen molar-refractivity contribution in [2.45, 2.75) is 26.3 Å². The summed E-state index contributed by atoms with van der Waals surface area (Å²) in [6.07, 6.45) is 2.61. The molecule has 100 valence electrons. The first-order valence-electron chi connectivity index (χ1n) is 7.09. The van der Waals surface area contributed by atoms with Gasteiger partial charge in [-0.25, -0.2) is 4.98 Å². The third-order valence-electron chi connectivity index (χ3n) is 3.51. The lowest BCUT2D eigenvalue weighted by Crippen LogP contribution is -2.12. The molecule has 1 fully saturated rings. The molecule has 1 aromatic heterocycles. The topological polar surface area (TPSA) is 34.1 Å². The molecule has 3 rings (SSSR count). The second-order valence-corrected chi connectivity index (χ2v) is 5.17. The molecule has 0 radical (unpaired) electrons. The molecule has 0 atom stereocenters. The summed E-state index contributed by atoms with van der Waals surface area (Å²) in [5.74, 6) is 1.52. The van der Waals surface area contributed by atoms with Crippen molar-refractivity contribution >= 4 is 10.9 Å². The Bertz CT molecular complexity index is 564. The van der Waals surface area contributed by atoms with E-state index in [9.17, 15) is 0 Å². The van der Waals surface area contributed by atoms with E-state index < -0.39 is 0 Å². The van der Waals surface area contributed by atoms with E-state index in [1.807, 2.05) is 6.07 Å². The number of ether oxygens (including phenoxy) is 1. The zero-order valence-corrected chi connectivity index (χ0v) is 11.4. The van der Waals surface area contributed by atoms with Gasteiger partial charge in [-0.1, -0.05) is 25.1 Å². The highest BCUT2D eigenvalue weighted by Crippen LogP contribution is 2.30. The van der Waals surface area contributed by atoms with Crippen LogP contribution in [0, 0.1) is 5.92 Å². The van der Waals surface area contributed by atoms with Crippen molar-refractivity contribution in [1.29, 1.82) is 0 Å². The Morgan fingerprint density at radius 2 is 2.16 bits per heavy atom. The van der Waals surface area contributed by atoms with Gasteiger partial charge in [0.25, 0.3) is 0 Å². The summed E-state index contributed by atoms with van der Waals surface area (Å²) in [6, 6.07) is 10.3. The summed E-state index contributed by atoms with van der Waals surface area (Å²) < 4.78 is 5.82. The number of hydrogen-bond donors (Lipinski definition) is 1. The van der Waals surface area contributed by atoms with Crippen LogP contribution in [0.5, 0.6) is 5.88 Å². The van der Waals surface area contributed by atoms with Crippen LogP contribution in [0.3, 0.4) is 0 Å². The Labute approximate surface area is 114 Å². The van der Waals surface area contributed by atoms with E-state index in [1.165, 1.54) is 23.8 Å². The molecule has 1 N–H and O–H groups in total. The van der Waals surface area contributed by atoms with E-state index in [1.54, 1.807) is 0 Å². The third-order valence-corrected chi connectivity index (χ3v) is 3.51. The SMILES string of the molecule is CCNCc1cc(OCC2CC2)nc2ccccc12. The number of aromatic nitrogens is 1. The van der Waals surface area contributed by atoms with Crippen molar-refractivity contribution in [3.8, 4) is 5.88 Å². The number of rotatable bonds is 6. The van der Waals surface area contributed by atoms with Gasteiger partial charge in [-0.3, -0.25) is 0 Å². The van der Waals surface area contributed by atoms with Gasteiger partial charge in [0, 0.05) is 18.0 Å². The predicted octanol–water partition coefficient (Wildman–Crippen LogP) is 3.13. The van der Waals surface area contributed by atoms with Gasteiger partial charge in [0.15, 0.2) is 0 Å². The summed E-state index contributed by atoms with van der Waals surface area (Å²) in [5.41, 5.74) is 2.28. The molecule has 3 nitrogen and oxygen atoms in total. The van der Waals surface area contributed by atoms with E-state index >= 15 is 0 Å². The first-order chi connectivity index (χ1) is 9.36. The molecule has 19 heavy (non-hydrogen) atoms. The fourth-order valence-electron chi connectivity index (χ4n) is 2.19. The van der Waals surface area contributed by atoms with Crippen molar-refractivity contribution in [2.24, 2.45) is 5.92 Å². The number of benzene rings is 1. The fraction of sp³-hybridized carbons (Fsp3) is 0.438. The summed E-state index contributed by atoms with van der Waals surface area (Å²) in [4.78, 5) is 4.59. The normalized spacial score (nSPS) is 14.8. The first kappa shape index (κ1) is 12.4. The van der Waals surface area contributed by atoms with Crippen LogP contribution in [0.15, 0.2) is 30.3 Å². The number of nitrogens with one attached hydrogen (secondary N) is 1. The molecule has 1 saturated carbocycles. The van der Waals surface area contributed by atoms with Crippen LogP contribution in [0.2, 0.25) is 0 Å².